The number of thioether (sulfide) groups is 1. The monoisotopic (exact) mass is 307 g/mol. The summed E-state index contributed by atoms with van der Waals surface area (Å²) >= 11 is 13.4. The smallest absolute Gasteiger partial charge is 0.0603 e. The number of hydrogen-bond donors (Lipinski definition) is 2. The summed E-state index contributed by atoms with van der Waals surface area (Å²) in [6, 6.07) is 5.42. The minimum absolute atomic E-state index is 0.0235. The van der Waals surface area contributed by atoms with Crippen LogP contribution in [0.5, 0.6) is 0 Å². The van der Waals surface area contributed by atoms with Crippen LogP contribution in [0.4, 0.5) is 0 Å². The van der Waals surface area contributed by atoms with Crippen molar-refractivity contribution < 1.29 is 5.11 Å². The number of rotatable bonds is 6. The van der Waals surface area contributed by atoms with Crippen LogP contribution in [0.25, 0.3) is 0 Å². The van der Waals surface area contributed by atoms with E-state index in [2.05, 4.69) is 13.8 Å². The van der Waals surface area contributed by atoms with Crippen LogP contribution in [0, 0.1) is 5.92 Å². The predicted molar refractivity (Wildman–Crippen MR) is 80.6 cm³/mol. The van der Waals surface area contributed by atoms with E-state index < -0.39 is 0 Å². The van der Waals surface area contributed by atoms with Crippen molar-refractivity contribution in [3.8, 4) is 0 Å². The van der Waals surface area contributed by atoms with E-state index in [0.717, 1.165) is 11.3 Å². The number of aliphatic hydroxyl groups excluding tert-OH is 1. The normalized spacial score (nSPS) is 14.8. The van der Waals surface area contributed by atoms with Crippen LogP contribution in [0.15, 0.2) is 23.1 Å². The molecule has 2 unspecified atom stereocenters. The van der Waals surface area contributed by atoms with Gasteiger partial charge in [0.05, 0.1) is 16.7 Å². The van der Waals surface area contributed by atoms with Crippen LogP contribution < -0.4 is 5.73 Å². The molecule has 0 saturated carbocycles. The summed E-state index contributed by atoms with van der Waals surface area (Å²) < 4.78 is 0. The van der Waals surface area contributed by atoms with Gasteiger partial charge in [-0.15, -0.1) is 11.8 Å². The molecular formula is C13H19Cl2NOS. The molecule has 0 amide bonds. The standard InChI is InChI=1S/C13H19Cl2NOS/c1-8(2)5-12(16)13(7-17)18-9-3-4-10(14)11(15)6-9/h3-4,6,8,12-13,17H,5,7,16H2,1-2H3. The molecule has 1 rings (SSSR count). The minimum atomic E-state index is -0.0329. The van der Waals surface area contributed by atoms with Crippen LogP contribution >= 0.6 is 35.0 Å². The van der Waals surface area contributed by atoms with Crippen molar-refractivity contribution in [3.05, 3.63) is 28.2 Å². The Kier molecular flexibility index (Phi) is 6.82. The second kappa shape index (κ2) is 7.61. The molecule has 2 nitrogen and oxygen atoms in total. The molecule has 0 aromatic heterocycles. The Bertz CT molecular complexity index is 387. The first-order chi connectivity index (χ1) is 8.43. The number of nitrogens with two attached hydrogens (primary N) is 1. The van der Waals surface area contributed by atoms with Gasteiger partial charge in [0.2, 0.25) is 0 Å². The molecule has 0 bridgehead atoms. The molecule has 2 atom stereocenters. The van der Waals surface area contributed by atoms with Gasteiger partial charge in [-0.25, -0.2) is 0 Å². The molecule has 0 aliphatic carbocycles. The molecule has 1 aromatic rings. The highest BCUT2D eigenvalue weighted by Crippen LogP contribution is 2.31. The van der Waals surface area contributed by atoms with Crippen LogP contribution in [0.1, 0.15) is 20.3 Å². The average Bonchev–Trinajstić information content (AvgIpc) is 2.29. The molecule has 18 heavy (non-hydrogen) atoms. The van der Waals surface area contributed by atoms with E-state index in [9.17, 15) is 5.11 Å². The number of benzene rings is 1. The van der Waals surface area contributed by atoms with E-state index in [1.54, 1.807) is 23.9 Å². The van der Waals surface area contributed by atoms with Gasteiger partial charge in [-0.05, 0) is 30.5 Å². The third-order valence-corrected chi connectivity index (χ3v) is 4.65. The molecule has 0 spiro atoms. The first kappa shape index (κ1) is 16.1. The second-order valence-electron chi connectivity index (χ2n) is 4.71. The van der Waals surface area contributed by atoms with Gasteiger partial charge in [-0.1, -0.05) is 37.0 Å². The minimum Gasteiger partial charge on any atom is -0.395 e. The Balaban J connectivity index is 2.70. The quantitative estimate of drug-likeness (QED) is 0.785. The van der Waals surface area contributed by atoms with E-state index >= 15 is 0 Å². The van der Waals surface area contributed by atoms with Gasteiger partial charge in [0.15, 0.2) is 0 Å². The largest absolute Gasteiger partial charge is 0.395 e. The summed E-state index contributed by atoms with van der Waals surface area (Å²) in [5.74, 6) is 0.517. The Hall–Kier alpha value is 0.0700. The van der Waals surface area contributed by atoms with Crippen molar-refractivity contribution in [2.24, 2.45) is 11.7 Å². The van der Waals surface area contributed by atoms with E-state index in [1.165, 1.54) is 0 Å². The maximum Gasteiger partial charge on any atom is 0.0603 e. The van der Waals surface area contributed by atoms with Gasteiger partial charge >= 0.3 is 0 Å². The lowest BCUT2D eigenvalue weighted by molar-refractivity contribution is 0.275. The summed E-state index contributed by atoms with van der Waals surface area (Å²) in [6.07, 6.45) is 0.888. The maximum absolute atomic E-state index is 9.43. The Morgan fingerprint density at radius 3 is 2.44 bits per heavy atom. The third kappa shape index (κ3) is 4.98. The Morgan fingerprint density at radius 2 is 1.94 bits per heavy atom. The van der Waals surface area contributed by atoms with Gasteiger partial charge < -0.3 is 10.8 Å². The Labute approximate surface area is 123 Å². The Morgan fingerprint density at radius 1 is 1.28 bits per heavy atom. The lowest BCUT2D eigenvalue weighted by atomic mass is 10.0. The van der Waals surface area contributed by atoms with Crippen molar-refractivity contribution in [1.82, 2.24) is 0 Å². The first-order valence-electron chi connectivity index (χ1n) is 5.92. The molecule has 102 valence electrons. The molecule has 0 saturated heterocycles. The third-order valence-electron chi connectivity index (χ3n) is 2.58. The van der Waals surface area contributed by atoms with E-state index in [-0.39, 0.29) is 17.9 Å². The fourth-order valence-corrected chi connectivity index (χ4v) is 3.09. The van der Waals surface area contributed by atoms with E-state index in [0.29, 0.717) is 16.0 Å². The molecule has 0 fully saturated rings. The van der Waals surface area contributed by atoms with Crippen molar-refractivity contribution in [2.45, 2.75) is 36.5 Å². The molecule has 1 aromatic carbocycles. The summed E-state index contributed by atoms with van der Waals surface area (Å²) in [6.45, 7) is 4.30. The summed E-state index contributed by atoms with van der Waals surface area (Å²) in [5.41, 5.74) is 6.11. The maximum atomic E-state index is 9.43. The summed E-state index contributed by atoms with van der Waals surface area (Å²) in [4.78, 5) is 0.975. The lowest BCUT2D eigenvalue weighted by Crippen LogP contribution is -2.36. The molecule has 0 radical (unpaired) electrons. The van der Waals surface area contributed by atoms with Crippen LogP contribution in [0.2, 0.25) is 10.0 Å². The highest BCUT2D eigenvalue weighted by molar-refractivity contribution is 8.00. The molecule has 0 aliphatic rings. The molecule has 3 N–H and O–H groups in total. The van der Waals surface area contributed by atoms with Crippen molar-refractivity contribution in [2.75, 3.05) is 6.61 Å². The van der Waals surface area contributed by atoms with E-state index in [1.807, 2.05) is 6.07 Å². The topological polar surface area (TPSA) is 46.2 Å². The summed E-state index contributed by atoms with van der Waals surface area (Å²) in [5, 5.41) is 10.5. The zero-order chi connectivity index (χ0) is 13.7. The van der Waals surface area contributed by atoms with Crippen molar-refractivity contribution in [3.63, 3.8) is 0 Å². The zero-order valence-corrected chi connectivity index (χ0v) is 12.9. The van der Waals surface area contributed by atoms with Crippen LogP contribution in [0.3, 0.4) is 0 Å². The first-order valence-corrected chi connectivity index (χ1v) is 7.55. The van der Waals surface area contributed by atoms with Crippen molar-refractivity contribution >= 4 is 35.0 Å². The molecule has 0 heterocycles. The number of aliphatic hydroxyl groups is 1. The lowest BCUT2D eigenvalue weighted by Gasteiger charge is -2.23. The van der Waals surface area contributed by atoms with Crippen LogP contribution in [-0.2, 0) is 0 Å². The van der Waals surface area contributed by atoms with Gasteiger partial charge in [0, 0.05) is 16.2 Å². The SMILES string of the molecule is CC(C)CC(N)C(CO)Sc1ccc(Cl)c(Cl)c1. The molecule has 0 aliphatic heterocycles. The highest BCUT2D eigenvalue weighted by atomic mass is 35.5. The average molecular weight is 308 g/mol. The summed E-state index contributed by atoms with van der Waals surface area (Å²) in [7, 11) is 0. The fourth-order valence-electron chi connectivity index (χ4n) is 1.68. The zero-order valence-electron chi connectivity index (χ0n) is 10.6. The van der Waals surface area contributed by atoms with Gasteiger partial charge in [-0.3, -0.25) is 0 Å². The van der Waals surface area contributed by atoms with Gasteiger partial charge in [0.1, 0.15) is 0 Å². The fraction of sp³-hybridized carbons (Fsp3) is 0.538. The van der Waals surface area contributed by atoms with Gasteiger partial charge in [0.25, 0.3) is 0 Å². The van der Waals surface area contributed by atoms with E-state index in [4.69, 9.17) is 28.9 Å². The number of halogens is 2. The van der Waals surface area contributed by atoms with Crippen molar-refractivity contribution in [1.29, 1.82) is 0 Å². The van der Waals surface area contributed by atoms with Crippen LogP contribution in [-0.4, -0.2) is 23.0 Å². The van der Waals surface area contributed by atoms with Gasteiger partial charge in [-0.2, -0.15) is 0 Å². The molecule has 5 heteroatoms. The predicted octanol–water partition coefficient (Wildman–Crippen LogP) is 3.82. The highest BCUT2D eigenvalue weighted by Gasteiger charge is 2.19. The molecular weight excluding hydrogens is 289 g/mol. The number of hydrogen-bond acceptors (Lipinski definition) is 3. The second-order valence-corrected chi connectivity index (χ2v) is 6.84.